The molecule has 0 aliphatic carbocycles. The Balaban J connectivity index is 2.91. The molecule has 7 nitrogen and oxygen atoms in total. The Hall–Kier alpha value is -2.11. The summed E-state index contributed by atoms with van der Waals surface area (Å²) in [6, 6.07) is 5.57. The van der Waals surface area contributed by atoms with E-state index in [-0.39, 0.29) is 15.5 Å². The van der Waals surface area contributed by atoms with Gasteiger partial charge in [-0.1, -0.05) is 11.6 Å². The minimum Gasteiger partial charge on any atom is -0.452 e. The first-order valence-electron chi connectivity index (χ1n) is 6.75. The molecule has 0 saturated carbocycles. The normalized spacial score (nSPS) is 11.5. The average Bonchev–Trinajstić information content (AvgIpc) is 2.50. The molecule has 0 N–H and O–H groups in total. The fourth-order valence-electron chi connectivity index (χ4n) is 1.58. The van der Waals surface area contributed by atoms with Crippen LogP contribution in [0.15, 0.2) is 23.1 Å². The van der Waals surface area contributed by atoms with Crippen LogP contribution < -0.4 is 0 Å². The van der Waals surface area contributed by atoms with Gasteiger partial charge in [-0.15, -0.1) is 0 Å². The van der Waals surface area contributed by atoms with E-state index >= 15 is 0 Å². The van der Waals surface area contributed by atoms with Crippen molar-refractivity contribution in [1.29, 1.82) is 5.26 Å². The maximum Gasteiger partial charge on any atom is 0.340 e. The van der Waals surface area contributed by atoms with Crippen LogP contribution in [0.2, 0.25) is 5.02 Å². The Bertz CT molecular complexity index is 812. The Labute approximate surface area is 145 Å². The molecule has 0 unspecified atom stereocenters. The molecule has 0 fully saturated rings. The van der Waals surface area contributed by atoms with Crippen molar-refractivity contribution in [2.75, 3.05) is 19.9 Å². The lowest BCUT2D eigenvalue weighted by molar-refractivity contribution is -0.136. The summed E-state index contributed by atoms with van der Waals surface area (Å²) in [5, 5.41) is 8.99. The van der Waals surface area contributed by atoms with Gasteiger partial charge < -0.3 is 9.64 Å². The van der Waals surface area contributed by atoms with Crippen molar-refractivity contribution in [1.82, 2.24) is 4.90 Å². The zero-order valence-corrected chi connectivity index (χ0v) is 15.2. The third-order valence-electron chi connectivity index (χ3n) is 3.40. The molecule has 0 spiro atoms. The average molecular weight is 373 g/mol. The third kappa shape index (κ3) is 4.69. The fourth-order valence-corrected chi connectivity index (χ4v) is 2.42. The molecule has 1 rings (SSSR count). The van der Waals surface area contributed by atoms with Crippen LogP contribution >= 0.6 is 11.6 Å². The van der Waals surface area contributed by atoms with Crippen molar-refractivity contribution in [2.24, 2.45) is 0 Å². The second kappa shape index (κ2) is 7.20. The van der Waals surface area contributed by atoms with Gasteiger partial charge >= 0.3 is 5.97 Å². The lowest BCUT2D eigenvalue weighted by Crippen LogP contribution is -2.45. The minimum absolute atomic E-state index is 0.00515. The van der Waals surface area contributed by atoms with Gasteiger partial charge in [-0.05, 0) is 32.0 Å². The van der Waals surface area contributed by atoms with Gasteiger partial charge in [0.2, 0.25) is 0 Å². The predicted octanol–water partition coefficient (Wildman–Crippen LogP) is 1.66. The van der Waals surface area contributed by atoms with Crippen LogP contribution in [0.4, 0.5) is 0 Å². The number of halogens is 1. The van der Waals surface area contributed by atoms with Gasteiger partial charge in [0.15, 0.2) is 16.4 Å². The monoisotopic (exact) mass is 372 g/mol. The van der Waals surface area contributed by atoms with Gasteiger partial charge in [-0.25, -0.2) is 13.2 Å². The summed E-state index contributed by atoms with van der Waals surface area (Å²) in [5.41, 5.74) is -1.22. The van der Waals surface area contributed by atoms with Crippen molar-refractivity contribution in [3.8, 4) is 6.07 Å². The van der Waals surface area contributed by atoms with Gasteiger partial charge in [0.05, 0.1) is 21.6 Å². The van der Waals surface area contributed by atoms with E-state index in [1.54, 1.807) is 13.8 Å². The molecule has 1 aromatic rings. The number of likely N-dealkylation sites (N-methyl/N-ethyl adjacent to an activating group) is 1. The number of benzene rings is 1. The maximum atomic E-state index is 12.1. The minimum atomic E-state index is -3.52. The number of carbonyl (C=O) groups excluding carboxylic acids is 2. The summed E-state index contributed by atoms with van der Waals surface area (Å²) in [5.74, 6) is -1.51. The van der Waals surface area contributed by atoms with Crippen LogP contribution in [-0.2, 0) is 19.4 Å². The van der Waals surface area contributed by atoms with Gasteiger partial charge in [-0.2, -0.15) is 5.26 Å². The highest BCUT2D eigenvalue weighted by molar-refractivity contribution is 7.90. The topological polar surface area (TPSA) is 105 Å². The molecule has 24 heavy (non-hydrogen) atoms. The highest BCUT2D eigenvalue weighted by Crippen LogP contribution is 2.21. The van der Waals surface area contributed by atoms with Crippen LogP contribution in [0.1, 0.15) is 24.2 Å². The van der Waals surface area contributed by atoms with E-state index in [4.69, 9.17) is 21.6 Å². The van der Waals surface area contributed by atoms with Gasteiger partial charge in [0.25, 0.3) is 5.91 Å². The van der Waals surface area contributed by atoms with E-state index in [9.17, 15) is 18.0 Å². The summed E-state index contributed by atoms with van der Waals surface area (Å²) in [6.07, 6.45) is 0.994. The van der Waals surface area contributed by atoms with Crippen LogP contribution in [-0.4, -0.2) is 50.6 Å². The van der Waals surface area contributed by atoms with Crippen molar-refractivity contribution in [2.45, 2.75) is 24.3 Å². The van der Waals surface area contributed by atoms with Gasteiger partial charge in [0.1, 0.15) is 5.54 Å². The van der Waals surface area contributed by atoms with E-state index in [0.717, 1.165) is 17.2 Å². The van der Waals surface area contributed by atoms with Crippen LogP contribution in [0, 0.1) is 11.3 Å². The van der Waals surface area contributed by atoms with Crippen molar-refractivity contribution >= 4 is 33.3 Å². The first kappa shape index (κ1) is 19.9. The van der Waals surface area contributed by atoms with Gasteiger partial charge in [0, 0.05) is 13.3 Å². The van der Waals surface area contributed by atoms with Crippen LogP contribution in [0.25, 0.3) is 0 Å². The molecule has 0 heterocycles. The molecule has 1 amide bonds. The van der Waals surface area contributed by atoms with Gasteiger partial charge in [-0.3, -0.25) is 4.79 Å². The first-order chi connectivity index (χ1) is 10.9. The van der Waals surface area contributed by atoms with Crippen molar-refractivity contribution in [3.63, 3.8) is 0 Å². The number of amides is 1. The standard InChI is InChI=1S/C15H17ClN2O5S/c1-15(2,9-17)18(3)13(19)8-23-14(20)11-7-10(24(4,21)22)5-6-12(11)16/h5-7H,8H2,1-4H3. The molecule has 0 aliphatic rings. The number of hydrogen-bond donors (Lipinski definition) is 0. The van der Waals surface area contributed by atoms with E-state index in [0.29, 0.717) is 0 Å². The highest BCUT2D eigenvalue weighted by Gasteiger charge is 2.28. The summed E-state index contributed by atoms with van der Waals surface area (Å²) in [4.78, 5) is 25.1. The van der Waals surface area contributed by atoms with E-state index in [1.165, 1.54) is 19.2 Å². The van der Waals surface area contributed by atoms with Crippen molar-refractivity contribution < 1.29 is 22.7 Å². The molecule has 0 atom stereocenters. The first-order valence-corrected chi connectivity index (χ1v) is 9.01. The molecule has 0 radical (unpaired) electrons. The molecular formula is C15H17ClN2O5S. The fraction of sp³-hybridized carbons (Fsp3) is 0.400. The summed E-state index contributed by atoms with van der Waals surface area (Å²) in [7, 11) is -2.11. The molecule has 0 bridgehead atoms. The summed E-state index contributed by atoms with van der Waals surface area (Å²) < 4.78 is 27.9. The number of ether oxygens (including phenoxy) is 1. The molecule has 1 aromatic carbocycles. The number of carbonyl (C=O) groups is 2. The second-order valence-electron chi connectivity index (χ2n) is 5.61. The van der Waals surface area contributed by atoms with E-state index in [2.05, 4.69) is 0 Å². The predicted molar refractivity (Wildman–Crippen MR) is 87.3 cm³/mol. The Morgan fingerprint density at radius 2 is 1.96 bits per heavy atom. The summed E-state index contributed by atoms with van der Waals surface area (Å²) in [6.45, 7) is 2.48. The number of sulfone groups is 1. The molecule has 9 heteroatoms. The number of nitriles is 1. The van der Waals surface area contributed by atoms with E-state index < -0.39 is 33.9 Å². The molecule has 130 valence electrons. The Morgan fingerprint density at radius 1 is 1.38 bits per heavy atom. The largest absolute Gasteiger partial charge is 0.452 e. The number of rotatable bonds is 5. The molecular weight excluding hydrogens is 356 g/mol. The maximum absolute atomic E-state index is 12.1. The number of hydrogen-bond acceptors (Lipinski definition) is 6. The lowest BCUT2D eigenvalue weighted by atomic mass is 10.1. The zero-order chi connectivity index (χ0) is 18.7. The molecule has 0 aromatic heterocycles. The Morgan fingerprint density at radius 3 is 2.46 bits per heavy atom. The van der Waals surface area contributed by atoms with Crippen LogP contribution in [0.5, 0.6) is 0 Å². The quantitative estimate of drug-likeness (QED) is 0.728. The summed E-state index contributed by atoms with van der Waals surface area (Å²) >= 11 is 5.88. The molecule has 0 saturated heterocycles. The lowest BCUT2D eigenvalue weighted by Gasteiger charge is -2.28. The van der Waals surface area contributed by atoms with E-state index in [1.807, 2.05) is 6.07 Å². The Kier molecular flexibility index (Phi) is 5.98. The molecule has 0 aliphatic heterocycles. The smallest absolute Gasteiger partial charge is 0.340 e. The zero-order valence-electron chi connectivity index (χ0n) is 13.7. The van der Waals surface area contributed by atoms with Crippen LogP contribution in [0.3, 0.4) is 0 Å². The second-order valence-corrected chi connectivity index (χ2v) is 8.04. The SMILES string of the molecule is CN(C(=O)COC(=O)c1cc(S(C)(=O)=O)ccc1Cl)C(C)(C)C#N. The number of nitrogens with zero attached hydrogens (tertiary/aromatic N) is 2. The van der Waals surface area contributed by atoms with Crippen molar-refractivity contribution in [3.05, 3.63) is 28.8 Å². The third-order valence-corrected chi connectivity index (χ3v) is 4.84. The highest BCUT2D eigenvalue weighted by atomic mass is 35.5. The number of esters is 1.